The zero-order valence-electron chi connectivity index (χ0n) is 24.0. The fourth-order valence-corrected chi connectivity index (χ4v) is 5.64. The van der Waals surface area contributed by atoms with Gasteiger partial charge >= 0.3 is 0 Å². The lowest BCUT2D eigenvalue weighted by atomic mass is 10.0. The van der Waals surface area contributed by atoms with Gasteiger partial charge in [0.05, 0.1) is 5.69 Å². The molecular weight excluding hydrogens is 510 g/mol. The van der Waals surface area contributed by atoms with E-state index in [0.29, 0.717) is 31.5 Å². The van der Waals surface area contributed by atoms with Crippen LogP contribution in [0.25, 0.3) is 10.8 Å². The van der Waals surface area contributed by atoms with Crippen molar-refractivity contribution in [3.05, 3.63) is 113 Å². The van der Waals surface area contributed by atoms with Crippen LogP contribution in [0.4, 0.5) is 5.69 Å². The monoisotopic (exact) mass is 547 g/mol. The van der Waals surface area contributed by atoms with Crippen molar-refractivity contribution in [1.29, 1.82) is 0 Å². The van der Waals surface area contributed by atoms with E-state index >= 15 is 0 Å². The van der Waals surface area contributed by atoms with Gasteiger partial charge in [0.15, 0.2) is 0 Å². The molecule has 1 N–H and O–H groups in total. The van der Waals surface area contributed by atoms with Crippen LogP contribution in [0, 0.1) is 6.92 Å². The number of hydrogen-bond acceptors (Lipinski definition) is 3. The summed E-state index contributed by atoms with van der Waals surface area (Å²) < 4.78 is 0. The van der Waals surface area contributed by atoms with Crippen LogP contribution in [0.1, 0.15) is 53.7 Å². The van der Waals surface area contributed by atoms with E-state index in [1.807, 2.05) is 112 Å². The van der Waals surface area contributed by atoms with Gasteiger partial charge in [-0.1, -0.05) is 78.9 Å². The second-order valence-electron chi connectivity index (χ2n) is 11.1. The second kappa shape index (κ2) is 12.4. The van der Waals surface area contributed by atoms with Crippen LogP contribution in [0.3, 0.4) is 0 Å². The predicted octanol–water partition coefficient (Wildman–Crippen LogP) is 6.05. The molecule has 3 amide bonds. The minimum Gasteiger partial charge on any atom is -0.352 e. The van der Waals surface area contributed by atoms with Gasteiger partial charge in [-0.25, -0.2) is 0 Å². The van der Waals surface area contributed by atoms with Gasteiger partial charge in [-0.15, -0.1) is 0 Å². The number of carbonyl (C=O) groups is 3. The molecule has 4 aromatic rings. The Morgan fingerprint density at radius 1 is 0.878 bits per heavy atom. The number of amides is 3. The highest BCUT2D eigenvalue weighted by Gasteiger charge is 2.32. The van der Waals surface area contributed by atoms with Crippen molar-refractivity contribution in [3.8, 4) is 0 Å². The van der Waals surface area contributed by atoms with E-state index in [9.17, 15) is 14.4 Å². The Hall–Kier alpha value is -4.45. The summed E-state index contributed by atoms with van der Waals surface area (Å²) >= 11 is 0. The lowest BCUT2D eigenvalue weighted by molar-refractivity contribution is -0.141. The number of nitrogens with one attached hydrogen (secondary N) is 1. The van der Waals surface area contributed by atoms with Gasteiger partial charge in [-0.3, -0.25) is 14.4 Å². The summed E-state index contributed by atoms with van der Waals surface area (Å²) in [5, 5.41) is 5.05. The molecule has 0 radical (unpaired) electrons. The molecule has 4 aromatic carbocycles. The van der Waals surface area contributed by atoms with Crippen LogP contribution < -0.4 is 10.2 Å². The third-order valence-corrected chi connectivity index (χ3v) is 7.73. The summed E-state index contributed by atoms with van der Waals surface area (Å²) in [4.78, 5) is 44.3. The summed E-state index contributed by atoms with van der Waals surface area (Å²) in [5.74, 6) is -0.294. The lowest BCUT2D eigenvalue weighted by Gasteiger charge is -2.32. The molecule has 0 bridgehead atoms. The highest BCUT2D eigenvalue weighted by Crippen LogP contribution is 2.37. The molecule has 0 saturated heterocycles. The van der Waals surface area contributed by atoms with Gasteiger partial charge in [0, 0.05) is 42.9 Å². The van der Waals surface area contributed by atoms with Gasteiger partial charge in [-0.2, -0.15) is 0 Å². The summed E-state index contributed by atoms with van der Waals surface area (Å²) in [7, 11) is 0. The predicted molar refractivity (Wildman–Crippen MR) is 164 cm³/mol. The molecule has 210 valence electrons. The molecule has 6 heteroatoms. The zero-order valence-corrected chi connectivity index (χ0v) is 24.0. The van der Waals surface area contributed by atoms with Crippen molar-refractivity contribution in [2.75, 3.05) is 11.4 Å². The summed E-state index contributed by atoms with van der Waals surface area (Å²) in [6, 6.07) is 28.8. The third kappa shape index (κ3) is 6.17. The summed E-state index contributed by atoms with van der Waals surface area (Å²) in [6.07, 6.45) is 1.13. The maximum atomic E-state index is 14.0. The fourth-order valence-electron chi connectivity index (χ4n) is 5.64. The standard InChI is InChI=1S/C35H37N3O3/c1-24(2)36-34(40)31(22-26-13-5-4-6-14-26)38(23-28-15-8-7-12-25(28)3)32(39)20-11-21-37-30-19-10-17-27-16-9-18-29(33(27)30)35(37)41/h4-10,12-19,24,31H,11,20-23H2,1-3H3,(H,36,40). The average molecular weight is 548 g/mol. The highest BCUT2D eigenvalue weighted by atomic mass is 16.2. The maximum Gasteiger partial charge on any atom is 0.258 e. The Labute approximate surface area is 242 Å². The Kier molecular flexibility index (Phi) is 8.48. The minimum absolute atomic E-state index is 0.0284. The van der Waals surface area contributed by atoms with Gasteiger partial charge in [0.1, 0.15) is 6.04 Å². The fraction of sp³-hybridized carbons (Fsp3) is 0.286. The van der Waals surface area contributed by atoms with Crippen LogP contribution in [0.2, 0.25) is 0 Å². The molecule has 0 aromatic heterocycles. The summed E-state index contributed by atoms with van der Waals surface area (Å²) in [5.41, 5.74) is 4.67. The molecule has 1 atom stereocenters. The van der Waals surface area contributed by atoms with E-state index in [1.54, 1.807) is 9.80 Å². The normalized spacial score (nSPS) is 13.1. The highest BCUT2D eigenvalue weighted by molar-refractivity contribution is 6.25. The molecule has 0 spiro atoms. The minimum atomic E-state index is -0.668. The lowest BCUT2D eigenvalue weighted by Crippen LogP contribution is -2.52. The molecule has 41 heavy (non-hydrogen) atoms. The molecule has 1 aliphatic heterocycles. The van der Waals surface area contributed by atoms with Crippen molar-refractivity contribution in [3.63, 3.8) is 0 Å². The van der Waals surface area contributed by atoms with Crippen LogP contribution >= 0.6 is 0 Å². The Morgan fingerprint density at radius 2 is 1.59 bits per heavy atom. The first-order valence-corrected chi connectivity index (χ1v) is 14.4. The van der Waals surface area contributed by atoms with Crippen molar-refractivity contribution in [1.82, 2.24) is 10.2 Å². The summed E-state index contributed by atoms with van der Waals surface area (Å²) in [6.45, 7) is 6.64. The third-order valence-electron chi connectivity index (χ3n) is 7.73. The van der Waals surface area contributed by atoms with Gasteiger partial charge in [0.25, 0.3) is 5.91 Å². The molecule has 1 heterocycles. The Morgan fingerprint density at radius 3 is 2.32 bits per heavy atom. The van der Waals surface area contributed by atoms with Crippen molar-refractivity contribution < 1.29 is 14.4 Å². The first-order valence-electron chi connectivity index (χ1n) is 14.4. The van der Waals surface area contributed by atoms with E-state index in [2.05, 4.69) is 5.32 Å². The van der Waals surface area contributed by atoms with Crippen LogP contribution in [0.5, 0.6) is 0 Å². The number of hydrogen-bond donors (Lipinski definition) is 1. The molecule has 5 rings (SSSR count). The van der Waals surface area contributed by atoms with Crippen molar-refractivity contribution in [2.45, 2.75) is 58.7 Å². The Bertz CT molecular complexity index is 1560. The van der Waals surface area contributed by atoms with Crippen molar-refractivity contribution >= 4 is 34.2 Å². The molecule has 6 nitrogen and oxygen atoms in total. The van der Waals surface area contributed by atoms with E-state index in [1.165, 1.54) is 0 Å². The molecule has 0 aliphatic carbocycles. The molecule has 0 saturated carbocycles. The molecule has 1 aliphatic rings. The maximum absolute atomic E-state index is 14.0. The molecular formula is C35H37N3O3. The van der Waals surface area contributed by atoms with E-state index in [0.717, 1.165) is 33.2 Å². The number of rotatable bonds is 11. The number of benzene rings is 4. The number of anilines is 1. The van der Waals surface area contributed by atoms with Gasteiger partial charge in [-0.05, 0) is 61.4 Å². The first kappa shape index (κ1) is 28.1. The topological polar surface area (TPSA) is 69.7 Å². The number of nitrogens with zero attached hydrogens (tertiary/aromatic N) is 2. The van der Waals surface area contributed by atoms with E-state index in [-0.39, 0.29) is 30.2 Å². The molecule has 1 unspecified atom stereocenters. The van der Waals surface area contributed by atoms with Gasteiger partial charge < -0.3 is 15.1 Å². The van der Waals surface area contributed by atoms with Crippen molar-refractivity contribution in [2.24, 2.45) is 0 Å². The van der Waals surface area contributed by atoms with Crippen LogP contribution in [0.15, 0.2) is 91.0 Å². The smallest absolute Gasteiger partial charge is 0.258 e. The van der Waals surface area contributed by atoms with E-state index < -0.39 is 6.04 Å². The number of carbonyl (C=O) groups excluding carboxylic acids is 3. The Balaban J connectivity index is 1.38. The van der Waals surface area contributed by atoms with Crippen LogP contribution in [-0.4, -0.2) is 41.2 Å². The second-order valence-corrected chi connectivity index (χ2v) is 11.1. The van der Waals surface area contributed by atoms with E-state index in [4.69, 9.17) is 0 Å². The largest absolute Gasteiger partial charge is 0.352 e. The zero-order chi connectivity index (χ0) is 28.9. The SMILES string of the molecule is Cc1ccccc1CN(C(=O)CCCN1C(=O)c2cccc3cccc1c23)C(Cc1ccccc1)C(=O)NC(C)C. The number of aryl methyl sites for hydroxylation is 1. The molecule has 0 fully saturated rings. The van der Waals surface area contributed by atoms with Gasteiger partial charge in [0.2, 0.25) is 11.8 Å². The van der Waals surface area contributed by atoms with Crippen LogP contribution in [-0.2, 0) is 22.6 Å². The first-order chi connectivity index (χ1) is 19.8. The average Bonchev–Trinajstić information content (AvgIpc) is 3.24. The quantitative estimate of drug-likeness (QED) is 0.248.